The molecule has 0 aliphatic heterocycles. The summed E-state index contributed by atoms with van der Waals surface area (Å²) in [6.07, 6.45) is 3.54. The molecular weight excluding hydrogens is 282 g/mol. The predicted octanol–water partition coefficient (Wildman–Crippen LogP) is 1.74. The maximum Gasteiger partial charge on any atom is 0.291 e. The van der Waals surface area contributed by atoms with E-state index in [4.69, 9.17) is 5.73 Å². The molecule has 1 fully saturated rings. The fourth-order valence-corrected chi connectivity index (χ4v) is 4.07. The normalized spacial score (nSPS) is 16.7. The van der Waals surface area contributed by atoms with E-state index in [0.29, 0.717) is 0 Å². The lowest BCUT2D eigenvalue weighted by atomic mass is 10.3. The predicted molar refractivity (Wildman–Crippen MR) is 74.7 cm³/mol. The van der Waals surface area contributed by atoms with Crippen molar-refractivity contribution in [1.82, 2.24) is 4.31 Å². The summed E-state index contributed by atoms with van der Waals surface area (Å²) in [5.41, 5.74) is 5.18. The van der Waals surface area contributed by atoms with Crippen molar-refractivity contribution in [2.75, 3.05) is 12.8 Å². The molecule has 8 heteroatoms. The van der Waals surface area contributed by atoms with Crippen molar-refractivity contribution in [3.05, 3.63) is 28.3 Å². The first-order valence-electron chi connectivity index (χ1n) is 6.36. The molecule has 0 aromatic heterocycles. The molecule has 1 aliphatic rings. The van der Waals surface area contributed by atoms with Crippen LogP contribution in [-0.4, -0.2) is 30.7 Å². The van der Waals surface area contributed by atoms with Gasteiger partial charge >= 0.3 is 0 Å². The van der Waals surface area contributed by atoms with Gasteiger partial charge in [0.2, 0.25) is 10.0 Å². The second-order valence-electron chi connectivity index (χ2n) is 4.94. The van der Waals surface area contributed by atoms with Gasteiger partial charge in [-0.2, -0.15) is 4.31 Å². The largest absolute Gasteiger partial charge is 0.399 e. The van der Waals surface area contributed by atoms with E-state index in [1.807, 2.05) is 0 Å². The van der Waals surface area contributed by atoms with Crippen LogP contribution in [0.2, 0.25) is 0 Å². The molecule has 1 aliphatic carbocycles. The number of benzene rings is 1. The van der Waals surface area contributed by atoms with Crippen LogP contribution in [0.3, 0.4) is 0 Å². The summed E-state index contributed by atoms with van der Waals surface area (Å²) >= 11 is 0. The minimum absolute atomic E-state index is 0.0860. The first kappa shape index (κ1) is 14.7. The van der Waals surface area contributed by atoms with Crippen molar-refractivity contribution in [2.24, 2.45) is 0 Å². The molecule has 1 aromatic carbocycles. The molecule has 0 radical (unpaired) electrons. The van der Waals surface area contributed by atoms with E-state index in [-0.39, 0.29) is 16.6 Å². The lowest BCUT2D eigenvalue weighted by Crippen LogP contribution is -2.35. The number of sulfonamides is 1. The summed E-state index contributed by atoms with van der Waals surface area (Å²) < 4.78 is 26.3. The number of anilines is 1. The van der Waals surface area contributed by atoms with Crippen molar-refractivity contribution in [1.29, 1.82) is 0 Å². The highest BCUT2D eigenvalue weighted by molar-refractivity contribution is 7.89. The van der Waals surface area contributed by atoms with Crippen molar-refractivity contribution >= 4 is 21.4 Å². The van der Waals surface area contributed by atoms with Gasteiger partial charge in [-0.25, -0.2) is 8.42 Å². The smallest absolute Gasteiger partial charge is 0.291 e. The van der Waals surface area contributed by atoms with Crippen LogP contribution in [-0.2, 0) is 10.0 Å². The van der Waals surface area contributed by atoms with Crippen LogP contribution < -0.4 is 5.73 Å². The van der Waals surface area contributed by atoms with E-state index in [1.165, 1.54) is 23.5 Å². The zero-order valence-electron chi connectivity index (χ0n) is 11.2. The molecule has 0 atom stereocenters. The summed E-state index contributed by atoms with van der Waals surface area (Å²) in [6.45, 7) is 0. The van der Waals surface area contributed by atoms with Crippen LogP contribution in [0, 0.1) is 10.1 Å². The van der Waals surface area contributed by atoms with Gasteiger partial charge in [0.1, 0.15) is 0 Å². The second kappa shape index (κ2) is 5.37. The minimum atomic E-state index is -3.88. The highest BCUT2D eigenvalue weighted by Crippen LogP contribution is 2.32. The summed E-state index contributed by atoms with van der Waals surface area (Å²) in [4.78, 5) is 10.0. The molecular formula is C12H17N3O4S. The van der Waals surface area contributed by atoms with E-state index in [0.717, 1.165) is 31.7 Å². The quantitative estimate of drug-likeness (QED) is 0.517. The third kappa shape index (κ3) is 2.61. The molecule has 1 saturated carbocycles. The zero-order valence-corrected chi connectivity index (χ0v) is 12.0. The minimum Gasteiger partial charge on any atom is -0.399 e. The van der Waals surface area contributed by atoms with Gasteiger partial charge in [-0.1, -0.05) is 12.8 Å². The van der Waals surface area contributed by atoms with Gasteiger partial charge < -0.3 is 5.73 Å². The van der Waals surface area contributed by atoms with Gasteiger partial charge in [-0.05, 0) is 25.0 Å². The van der Waals surface area contributed by atoms with Gasteiger partial charge in [0.25, 0.3) is 5.69 Å². The second-order valence-corrected chi connectivity index (χ2v) is 6.91. The summed E-state index contributed by atoms with van der Waals surface area (Å²) in [5, 5.41) is 11.0. The Morgan fingerprint density at radius 3 is 2.50 bits per heavy atom. The van der Waals surface area contributed by atoms with Gasteiger partial charge in [0.15, 0.2) is 4.90 Å². The molecule has 0 heterocycles. The van der Waals surface area contributed by atoms with Crippen molar-refractivity contribution in [3.63, 3.8) is 0 Å². The molecule has 2 rings (SSSR count). The van der Waals surface area contributed by atoms with E-state index in [2.05, 4.69) is 0 Å². The molecule has 7 nitrogen and oxygen atoms in total. The average molecular weight is 299 g/mol. The summed E-state index contributed by atoms with van der Waals surface area (Å²) in [5.74, 6) is 0. The van der Waals surface area contributed by atoms with Crippen molar-refractivity contribution in [3.8, 4) is 0 Å². The highest BCUT2D eigenvalue weighted by atomic mass is 32.2. The topological polar surface area (TPSA) is 107 Å². The maximum absolute atomic E-state index is 12.5. The Kier molecular flexibility index (Phi) is 3.96. The first-order chi connectivity index (χ1) is 9.34. The monoisotopic (exact) mass is 299 g/mol. The zero-order chi connectivity index (χ0) is 14.9. The number of rotatable bonds is 4. The van der Waals surface area contributed by atoms with Gasteiger partial charge in [0.05, 0.1) is 4.92 Å². The van der Waals surface area contributed by atoms with Gasteiger partial charge in [-0.15, -0.1) is 0 Å². The summed E-state index contributed by atoms with van der Waals surface area (Å²) in [7, 11) is -2.40. The first-order valence-corrected chi connectivity index (χ1v) is 7.80. The Balaban J connectivity index is 2.46. The highest BCUT2D eigenvalue weighted by Gasteiger charge is 2.34. The van der Waals surface area contributed by atoms with Crippen LogP contribution in [0.25, 0.3) is 0 Å². The van der Waals surface area contributed by atoms with Crippen LogP contribution >= 0.6 is 0 Å². The van der Waals surface area contributed by atoms with E-state index >= 15 is 0 Å². The molecule has 0 saturated heterocycles. The van der Waals surface area contributed by atoms with Crippen LogP contribution in [0.1, 0.15) is 25.7 Å². The Labute approximate surface area is 117 Å². The van der Waals surface area contributed by atoms with Gasteiger partial charge in [0, 0.05) is 24.8 Å². The summed E-state index contributed by atoms with van der Waals surface area (Å²) in [6, 6.07) is 3.56. The molecule has 20 heavy (non-hydrogen) atoms. The number of nitrogens with two attached hydrogens (primary N) is 1. The SMILES string of the molecule is CN(C1CCCC1)S(=O)(=O)c1ccc(N)cc1[N+](=O)[O-]. The Hall–Kier alpha value is -1.67. The fraction of sp³-hybridized carbons (Fsp3) is 0.500. The van der Waals surface area contributed by atoms with Crippen LogP contribution in [0.4, 0.5) is 11.4 Å². The van der Waals surface area contributed by atoms with Crippen LogP contribution in [0.15, 0.2) is 23.1 Å². The van der Waals surface area contributed by atoms with Crippen molar-refractivity contribution < 1.29 is 13.3 Å². The van der Waals surface area contributed by atoms with Crippen LogP contribution in [0.5, 0.6) is 0 Å². The number of nitrogen functional groups attached to an aromatic ring is 1. The third-order valence-corrected chi connectivity index (χ3v) is 5.63. The number of nitrogens with zero attached hydrogens (tertiary/aromatic N) is 2. The number of hydrogen-bond donors (Lipinski definition) is 1. The molecule has 1 aromatic rings. The molecule has 110 valence electrons. The van der Waals surface area contributed by atoms with E-state index < -0.39 is 20.6 Å². The van der Waals surface area contributed by atoms with E-state index in [1.54, 1.807) is 0 Å². The maximum atomic E-state index is 12.5. The van der Waals surface area contributed by atoms with Gasteiger partial charge in [-0.3, -0.25) is 10.1 Å². The molecule has 0 amide bonds. The average Bonchev–Trinajstić information content (AvgIpc) is 2.91. The lowest BCUT2D eigenvalue weighted by Gasteiger charge is -2.23. The Bertz CT molecular complexity index is 624. The number of hydrogen-bond acceptors (Lipinski definition) is 5. The fourth-order valence-electron chi connectivity index (χ4n) is 2.51. The van der Waals surface area contributed by atoms with E-state index in [9.17, 15) is 18.5 Å². The lowest BCUT2D eigenvalue weighted by molar-refractivity contribution is -0.387. The standard InChI is InChI=1S/C12H17N3O4S/c1-14(10-4-2-3-5-10)20(18,19)12-7-6-9(13)8-11(12)15(16)17/h6-8,10H,2-5,13H2,1H3. The molecule has 2 N–H and O–H groups in total. The Morgan fingerprint density at radius 2 is 1.95 bits per heavy atom. The third-order valence-electron chi connectivity index (χ3n) is 3.68. The molecule has 0 spiro atoms. The van der Waals surface area contributed by atoms with Crippen molar-refractivity contribution in [2.45, 2.75) is 36.6 Å². The number of nitro benzene ring substituents is 1. The number of nitro groups is 1. The molecule has 0 unspecified atom stereocenters. The Morgan fingerprint density at radius 1 is 1.35 bits per heavy atom. The molecule has 0 bridgehead atoms.